The molecule has 16 nitrogen and oxygen atoms in total. The third-order valence-corrected chi connectivity index (χ3v) is 9.89. The van der Waals surface area contributed by atoms with E-state index >= 15 is 0 Å². The van der Waals surface area contributed by atoms with Crippen LogP contribution in [0.2, 0.25) is 0 Å². The van der Waals surface area contributed by atoms with Crippen molar-refractivity contribution in [1.29, 1.82) is 0 Å². The SMILES string of the molecule is CCCc1cccc(-c2cc(NC(=O)[C@@H](CNC(=O)OC(C)(C)C)NC(=O)OC(C)(C)C)nn2-c2ccccc2)c1.CCCc1cccc(-c2cc(NC(=O)[C@H](N)CN)nn2-c2ccccc2)c1. The molecule has 0 saturated carbocycles. The number of rotatable bonds is 16. The predicted octanol–water partition coefficient (Wildman–Crippen LogP) is 8.56. The Morgan fingerprint density at radius 2 is 1.04 bits per heavy atom. The summed E-state index contributed by atoms with van der Waals surface area (Å²) in [5.41, 5.74) is 17.6. The molecule has 68 heavy (non-hydrogen) atoms. The van der Waals surface area contributed by atoms with E-state index in [9.17, 15) is 19.2 Å². The summed E-state index contributed by atoms with van der Waals surface area (Å²) in [5, 5.41) is 19.9. The number of benzene rings is 4. The van der Waals surface area contributed by atoms with Crippen molar-refractivity contribution < 1.29 is 28.7 Å². The van der Waals surface area contributed by atoms with Crippen molar-refractivity contribution in [3.05, 3.63) is 132 Å². The second kappa shape index (κ2) is 23.9. The maximum Gasteiger partial charge on any atom is 0.408 e. The highest BCUT2D eigenvalue weighted by Gasteiger charge is 2.27. The third-order valence-electron chi connectivity index (χ3n) is 9.89. The van der Waals surface area contributed by atoms with Gasteiger partial charge >= 0.3 is 12.2 Å². The van der Waals surface area contributed by atoms with E-state index in [-0.39, 0.29) is 24.8 Å². The van der Waals surface area contributed by atoms with Gasteiger partial charge in [0.1, 0.15) is 17.2 Å². The predicted molar refractivity (Wildman–Crippen MR) is 268 cm³/mol. The minimum absolute atomic E-state index is 0.0805. The zero-order valence-electron chi connectivity index (χ0n) is 40.3. The monoisotopic (exact) mass is 927 g/mol. The maximum absolute atomic E-state index is 13.4. The first-order chi connectivity index (χ1) is 32.4. The smallest absolute Gasteiger partial charge is 0.408 e. The van der Waals surface area contributed by atoms with Crippen LogP contribution in [-0.4, -0.2) is 79.9 Å². The largest absolute Gasteiger partial charge is 0.444 e. The van der Waals surface area contributed by atoms with Gasteiger partial charge in [-0.3, -0.25) is 9.59 Å². The zero-order valence-corrected chi connectivity index (χ0v) is 40.3. The van der Waals surface area contributed by atoms with E-state index in [2.05, 4.69) is 69.6 Å². The van der Waals surface area contributed by atoms with E-state index in [1.165, 1.54) is 11.1 Å². The first kappa shape index (κ1) is 51.7. The summed E-state index contributed by atoms with van der Waals surface area (Å²) in [4.78, 5) is 50.3. The van der Waals surface area contributed by atoms with Crippen molar-refractivity contribution in [3.8, 4) is 33.9 Å². The van der Waals surface area contributed by atoms with Crippen LogP contribution in [0.4, 0.5) is 21.2 Å². The average Bonchev–Trinajstić information content (AvgIpc) is 3.92. The van der Waals surface area contributed by atoms with Gasteiger partial charge in [-0.05, 0) is 102 Å². The lowest BCUT2D eigenvalue weighted by Crippen LogP contribution is -2.52. The highest BCUT2D eigenvalue weighted by atomic mass is 16.6. The van der Waals surface area contributed by atoms with Crippen LogP contribution in [0.1, 0.15) is 79.4 Å². The molecular formula is C52H66N10O6. The third kappa shape index (κ3) is 15.7. The van der Waals surface area contributed by atoms with Gasteiger partial charge in [-0.1, -0.05) is 99.5 Å². The van der Waals surface area contributed by atoms with Gasteiger partial charge < -0.3 is 42.2 Å². The summed E-state index contributed by atoms with van der Waals surface area (Å²) in [6.07, 6.45) is 2.55. The fraction of sp³-hybridized carbons (Fsp3) is 0.346. The molecule has 0 spiro atoms. The summed E-state index contributed by atoms with van der Waals surface area (Å²) in [7, 11) is 0. The van der Waals surface area contributed by atoms with E-state index in [0.717, 1.165) is 59.6 Å². The highest BCUT2D eigenvalue weighted by molar-refractivity contribution is 5.97. The zero-order chi connectivity index (χ0) is 49.4. The molecule has 0 saturated heterocycles. The van der Waals surface area contributed by atoms with E-state index in [4.69, 9.17) is 20.9 Å². The van der Waals surface area contributed by atoms with E-state index in [1.807, 2.05) is 95.7 Å². The van der Waals surface area contributed by atoms with Gasteiger partial charge in [0, 0.05) is 29.8 Å². The normalized spacial score (nSPS) is 12.1. The van der Waals surface area contributed by atoms with Crippen molar-refractivity contribution in [1.82, 2.24) is 30.2 Å². The summed E-state index contributed by atoms with van der Waals surface area (Å²) >= 11 is 0. The molecule has 0 bridgehead atoms. The molecule has 0 fully saturated rings. The van der Waals surface area contributed by atoms with Gasteiger partial charge in [-0.25, -0.2) is 19.0 Å². The molecule has 2 heterocycles. The minimum atomic E-state index is -1.17. The molecule has 0 aliphatic rings. The molecule has 0 unspecified atom stereocenters. The first-order valence-corrected chi connectivity index (χ1v) is 22.9. The lowest BCUT2D eigenvalue weighted by Gasteiger charge is -2.24. The van der Waals surface area contributed by atoms with E-state index in [1.54, 1.807) is 52.3 Å². The maximum atomic E-state index is 13.4. The molecule has 16 heteroatoms. The van der Waals surface area contributed by atoms with Crippen molar-refractivity contribution in [2.24, 2.45) is 11.5 Å². The molecule has 2 aromatic heterocycles. The number of anilines is 2. The molecule has 4 amide bonds. The number of para-hydroxylation sites is 2. The van der Waals surface area contributed by atoms with Crippen LogP contribution in [0.25, 0.3) is 33.9 Å². The summed E-state index contributed by atoms with van der Waals surface area (Å²) in [6, 6.07) is 37.7. The Balaban J connectivity index is 0.000000276. The molecule has 4 aromatic carbocycles. The highest BCUT2D eigenvalue weighted by Crippen LogP contribution is 2.29. The van der Waals surface area contributed by atoms with Gasteiger partial charge in [-0.2, -0.15) is 0 Å². The number of nitrogens with zero attached hydrogens (tertiary/aromatic N) is 4. The van der Waals surface area contributed by atoms with Crippen LogP contribution < -0.4 is 32.7 Å². The summed E-state index contributed by atoms with van der Waals surface area (Å²) < 4.78 is 14.2. The number of carbonyl (C=O) groups is 4. The molecule has 360 valence electrons. The second-order valence-corrected chi connectivity index (χ2v) is 18.1. The number of hydrogen-bond acceptors (Lipinski definition) is 10. The van der Waals surface area contributed by atoms with Crippen LogP contribution in [0, 0.1) is 0 Å². The van der Waals surface area contributed by atoms with Gasteiger partial charge in [0.2, 0.25) is 11.8 Å². The number of amides is 4. The number of carbonyl (C=O) groups excluding carboxylic acids is 4. The van der Waals surface area contributed by atoms with Crippen molar-refractivity contribution in [2.75, 3.05) is 23.7 Å². The van der Waals surface area contributed by atoms with Gasteiger partial charge in [-0.15, -0.1) is 10.2 Å². The Morgan fingerprint density at radius 1 is 0.603 bits per heavy atom. The number of alkyl carbamates (subject to hydrolysis) is 2. The summed E-state index contributed by atoms with van der Waals surface area (Å²) in [6.45, 7) is 14.5. The van der Waals surface area contributed by atoms with Crippen LogP contribution in [-0.2, 0) is 31.9 Å². The Bertz CT molecular complexity index is 2600. The lowest BCUT2D eigenvalue weighted by molar-refractivity contribution is -0.118. The number of aryl methyl sites for hydroxylation is 2. The Labute approximate surface area is 399 Å². The molecule has 8 N–H and O–H groups in total. The molecule has 0 radical (unpaired) electrons. The van der Waals surface area contributed by atoms with Gasteiger partial charge in [0.15, 0.2) is 11.6 Å². The van der Waals surface area contributed by atoms with E-state index < -0.39 is 41.4 Å². The minimum Gasteiger partial charge on any atom is -0.444 e. The van der Waals surface area contributed by atoms with Gasteiger partial charge in [0.25, 0.3) is 0 Å². The number of hydrogen-bond donors (Lipinski definition) is 6. The van der Waals surface area contributed by atoms with Crippen LogP contribution in [0.3, 0.4) is 0 Å². The quantitative estimate of drug-likeness (QED) is 0.0543. The van der Waals surface area contributed by atoms with Crippen LogP contribution in [0.5, 0.6) is 0 Å². The molecule has 2 atom stereocenters. The number of nitrogens with two attached hydrogens (primary N) is 2. The number of aromatic nitrogens is 4. The van der Waals surface area contributed by atoms with Gasteiger partial charge in [0.05, 0.1) is 35.3 Å². The lowest BCUT2D eigenvalue weighted by atomic mass is 10.0. The number of ether oxygens (including phenoxy) is 2. The Kier molecular flexibility index (Phi) is 18.2. The van der Waals surface area contributed by atoms with Crippen LogP contribution >= 0.6 is 0 Å². The molecular weight excluding hydrogens is 861 g/mol. The van der Waals surface area contributed by atoms with E-state index in [0.29, 0.717) is 5.82 Å². The Morgan fingerprint density at radius 3 is 1.47 bits per heavy atom. The van der Waals surface area contributed by atoms with Crippen LogP contribution in [0.15, 0.2) is 121 Å². The molecule has 6 aromatic rings. The Hall–Kier alpha value is -7.30. The topological polar surface area (TPSA) is 223 Å². The van der Waals surface area contributed by atoms with Crippen molar-refractivity contribution in [3.63, 3.8) is 0 Å². The standard InChI is InChI=1S/C31H41N5O5.C21H25N5O/c1-8-13-21-14-12-15-22(18-21)25-19-26(35-36(25)23-16-10-9-11-17-23)34-27(37)24(33-29(39)41-31(5,6)7)20-32-28(38)40-30(2,3)4;1-2-7-15-8-6-9-16(12-15)19-13-20(24-21(27)18(23)14-22)25-26(19)17-10-4-3-5-11-17/h9-12,14-19,24H,8,13,20H2,1-7H3,(H,32,38)(H,33,39)(H,34,35,37);3-6,8-13,18H,2,7,14,22-23H2,1H3,(H,24,25,27)/t24-;18-/m11/s1. The average molecular weight is 927 g/mol. The fourth-order valence-electron chi connectivity index (χ4n) is 6.88. The first-order valence-electron chi connectivity index (χ1n) is 22.9. The summed E-state index contributed by atoms with van der Waals surface area (Å²) in [5.74, 6) is -0.205. The molecule has 0 aliphatic heterocycles. The fourth-order valence-corrected chi connectivity index (χ4v) is 6.88. The molecule has 0 aliphatic carbocycles. The second-order valence-electron chi connectivity index (χ2n) is 18.1. The van der Waals surface area contributed by atoms with Crippen molar-refractivity contribution in [2.45, 2.75) is 104 Å². The van der Waals surface area contributed by atoms with Crippen molar-refractivity contribution >= 4 is 35.6 Å². The number of nitrogens with one attached hydrogen (secondary N) is 4. The molecule has 6 rings (SSSR count).